The maximum atomic E-state index is 4.02. The number of allylic oxidation sites excluding steroid dienone is 1. The molecular weight excluding hydrogens is 853 g/mol. The average Bonchev–Trinajstić information content (AvgIpc) is 2.34. The van der Waals surface area contributed by atoms with E-state index in [2.05, 4.69) is 10.4 Å². The van der Waals surface area contributed by atoms with Crippen LogP contribution in [0.4, 0.5) is 0 Å². The molecule has 0 radical (unpaired) electrons. The van der Waals surface area contributed by atoms with Crippen LogP contribution in [0.2, 0.25) is 0 Å². The quantitative estimate of drug-likeness (QED) is 0.410. The van der Waals surface area contributed by atoms with Crippen LogP contribution in [0, 0.1) is 5.38 Å². The first kappa shape index (κ1) is 19.5. The van der Waals surface area contributed by atoms with Crippen LogP contribution in [0.15, 0.2) is 11.6 Å². The molecule has 1 rings (SSSR count). The van der Waals surface area contributed by atoms with Crippen LogP contribution in [0.5, 0.6) is 0 Å². The van der Waals surface area contributed by atoms with E-state index in [9.17, 15) is 0 Å². The molecular formula is C6H4NSW4-. The van der Waals surface area contributed by atoms with E-state index in [4.69, 9.17) is 0 Å². The predicted molar refractivity (Wildman–Crippen MR) is 36.0 cm³/mol. The number of hydrogen-bond donors (Lipinski definition) is 0. The Balaban J connectivity index is -0.000000270. The standard InChI is InChI=1S/C6H4NS.4W/c1-2-3-6-4-8-5-7-6;;;;/h1-3,5H;;;;/q-1;;;;/b3-2-;;;;. The molecule has 0 aromatic carbocycles. The third kappa shape index (κ3) is 8.59. The molecule has 1 aromatic rings. The molecule has 0 spiro atoms. The molecule has 0 saturated heterocycles. The molecule has 1 nitrogen and oxygen atoms in total. The fraction of sp³-hybridized carbons (Fsp3) is 0. The van der Waals surface area contributed by atoms with Crippen LogP contribution in [-0.2, 0) is 82.5 Å². The van der Waals surface area contributed by atoms with Crippen LogP contribution in [-0.4, -0.2) is 9.38 Å². The second kappa shape index (κ2) is 13.0. The fourth-order valence-corrected chi connectivity index (χ4v) is 1.15. The molecule has 0 fully saturated rings. The Bertz CT molecular complexity index is 209. The van der Waals surface area contributed by atoms with Gasteiger partial charge in [0, 0.05) is 63.2 Å². The molecule has 0 N–H and O–H groups in total. The van der Waals surface area contributed by atoms with Crippen molar-refractivity contribution in [1.82, 2.24) is 4.98 Å². The summed E-state index contributed by atoms with van der Waals surface area (Å²) < 4.78 is 2.05. The number of thiazole rings is 1. The minimum atomic E-state index is 0. The Morgan fingerprint density at radius 2 is 2.08 bits per heavy atom. The zero-order chi connectivity index (χ0) is 6.53. The maximum absolute atomic E-state index is 4.02. The van der Waals surface area contributed by atoms with Gasteiger partial charge in [-0.25, -0.2) is 0 Å². The summed E-state index contributed by atoms with van der Waals surface area (Å²) in [6, 6.07) is 0. The van der Waals surface area contributed by atoms with Gasteiger partial charge in [0.05, 0.1) is 0 Å². The molecule has 0 aliphatic carbocycles. The normalized spacial score (nSPS) is 7.67. The molecule has 0 aliphatic heterocycles. The van der Waals surface area contributed by atoms with E-state index >= 15 is 0 Å². The summed E-state index contributed by atoms with van der Waals surface area (Å²) in [5.74, 6) is 0. The average molecular weight is 858 g/mol. The van der Waals surface area contributed by atoms with Crippen molar-refractivity contribution in [1.29, 1.82) is 0 Å². The van der Waals surface area contributed by atoms with Crippen LogP contribution >= 0.6 is 11.3 Å². The summed E-state index contributed by atoms with van der Waals surface area (Å²) in [6.07, 6.45) is 3.93. The monoisotopic (exact) mass is 858 g/mol. The number of aromatic nitrogens is 1. The van der Waals surface area contributed by atoms with E-state index in [1.807, 2.05) is 16.6 Å². The third-order valence-electron chi connectivity index (χ3n) is 0.741. The van der Waals surface area contributed by atoms with E-state index in [1.165, 1.54) is 30.7 Å². The molecule has 1 heterocycles. The van der Waals surface area contributed by atoms with Gasteiger partial charge in [0.15, 0.2) is 0 Å². The van der Waals surface area contributed by atoms with Crippen LogP contribution in [0.25, 0.3) is 6.08 Å². The van der Waals surface area contributed by atoms with Gasteiger partial charge in [-0.3, -0.25) is 0 Å². The Kier molecular flexibility index (Phi) is 21.2. The van der Waals surface area contributed by atoms with E-state index in [-0.39, 0.29) is 63.2 Å². The Morgan fingerprint density at radius 1 is 1.42 bits per heavy atom. The van der Waals surface area contributed by atoms with Gasteiger partial charge in [-0.05, 0) is 0 Å². The van der Waals surface area contributed by atoms with Gasteiger partial charge >= 0.3 is 68.8 Å². The van der Waals surface area contributed by atoms with Crippen molar-refractivity contribution < 1.29 is 82.5 Å². The Labute approximate surface area is 130 Å². The summed E-state index contributed by atoms with van der Waals surface area (Å²) in [5.41, 5.74) is 2.71. The molecule has 0 aliphatic rings. The van der Waals surface area contributed by atoms with Crippen molar-refractivity contribution in [3.8, 4) is 0 Å². The van der Waals surface area contributed by atoms with Crippen molar-refractivity contribution in [2.75, 3.05) is 0 Å². The fourth-order valence-electron chi connectivity index (χ4n) is 0.404. The van der Waals surface area contributed by atoms with Crippen molar-refractivity contribution in [3.63, 3.8) is 0 Å². The van der Waals surface area contributed by atoms with Crippen LogP contribution in [0.3, 0.4) is 0 Å². The molecule has 64 valence electrons. The SMILES string of the molecule is [W].[W].[W].[W]=[CH]/C=C\c1[c-]scn1. The van der Waals surface area contributed by atoms with E-state index < -0.39 is 0 Å². The Hall–Kier alpha value is 1.99. The summed E-state index contributed by atoms with van der Waals surface area (Å²) >= 11 is 2.95. The number of hydrogen-bond acceptors (Lipinski definition) is 2. The first-order valence-corrected chi connectivity index (χ1v) is 4.94. The van der Waals surface area contributed by atoms with Gasteiger partial charge in [0.25, 0.3) is 0 Å². The van der Waals surface area contributed by atoms with Gasteiger partial charge in [-0.1, -0.05) is 0 Å². The molecule has 0 saturated carbocycles. The molecule has 1 aromatic heterocycles. The molecule has 6 heteroatoms. The molecule has 12 heavy (non-hydrogen) atoms. The van der Waals surface area contributed by atoms with Crippen LogP contribution < -0.4 is 0 Å². The van der Waals surface area contributed by atoms with E-state index in [1.54, 1.807) is 5.51 Å². The van der Waals surface area contributed by atoms with Crippen molar-refractivity contribution in [3.05, 3.63) is 22.7 Å². The zero-order valence-corrected chi connectivity index (χ0v) is 18.3. The predicted octanol–water partition coefficient (Wildman–Crippen LogP) is 1.30. The molecule has 0 amide bonds. The molecule has 0 atom stereocenters. The summed E-state index contributed by atoms with van der Waals surface area (Å²) in [5, 5.41) is 3.00. The second-order valence-corrected chi connectivity index (χ2v) is 2.96. The van der Waals surface area contributed by atoms with Crippen molar-refractivity contribution in [2.45, 2.75) is 0 Å². The van der Waals surface area contributed by atoms with E-state index in [0.717, 1.165) is 5.69 Å². The van der Waals surface area contributed by atoms with Crippen molar-refractivity contribution in [2.24, 2.45) is 0 Å². The topological polar surface area (TPSA) is 12.9 Å². The number of nitrogens with zero attached hydrogens (tertiary/aromatic N) is 1. The van der Waals surface area contributed by atoms with Gasteiger partial charge in [-0.15, -0.1) is 0 Å². The van der Waals surface area contributed by atoms with Gasteiger partial charge < -0.3 is 0 Å². The van der Waals surface area contributed by atoms with Gasteiger partial charge in [-0.2, -0.15) is 0 Å². The molecule has 0 bridgehead atoms. The van der Waals surface area contributed by atoms with Crippen LogP contribution in [0.1, 0.15) is 5.69 Å². The first-order valence-electron chi connectivity index (χ1n) is 2.36. The Morgan fingerprint density at radius 3 is 2.50 bits per heavy atom. The third-order valence-corrected chi connectivity index (χ3v) is 1.84. The second-order valence-electron chi connectivity index (χ2n) is 1.33. The summed E-state index contributed by atoms with van der Waals surface area (Å²) in [6.45, 7) is 0. The van der Waals surface area contributed by atoms with Gasteiger partial charge in [0.1, 0.15) is 0 Å². The zero-order valence-electron chi connectivity index (χ0n) is 5.80. The number of rotatable bonds is 2. The summed E-state index contributed by atoms with van der Waals surface area (Å²) in [4.78, 5) is 4.02. The first-order chi connectivity index (χ1) is 4.43. The summed E-state index contributed by atoms with van der Waals surface area (Å²) in [7, 11) is 0. The molecule has 0 unspecified atom stereocenters. The van der Waals surface area contributed by atoms with Crippen molar-refractivity contribution >= 4 is 21.8 Å². The van der Waals surface area contributed by atoms with Gasteiger partial charge in [0.2, 0.25) is 0 Å². The van der Waals surface area contributed by atoms with E-state index in [0.29, 0.717) is 0 Å². The minimum absolute atomic E-state index is 0.